The first-order chi connectivity index (χ1) is 12.8. The van der Waals surface area contributed by atoms with Gasteiger partial charge < -0.3 is 9.80 Å². The standard InChI is InChI=1S/C23H46N4/c1-19(2)10-8-9-11-24-16-22(6)27(23(7)17-24)18-21(5)26-14-12-25(13-15-26)20(3)4/h19-20,22-23H,5,8-18H2,1-4,6-7H3. The van der Waals surface area contributed by atoms with Gasteiger partial charge in [-0.2, -0.15) is 0 Å². The van der Waals surface area contributed by atoms with Crippen molar-refractivity contribution >= 4 is 0 Å². The van der Waals surface area contributed by atoms with E-state index in [2.05, 4.69) is 67.7 Å². The molecule has 2 saturated heterocycles. The molecule has 0 aromatic rings. The minimum absolute atomic E-state index is 0.618. The highest BCUT2D eigenvalue weighted by atomic mass is 15.3. The lowest BCUT2D eigenvalue weighted by atomic mass is 10.0. The van der Waals surface area contributed by atoms with Gasteiger partial charge in [-0.1, -0.05) is 33.3 Å². The van der Waals surface area contributed by atoms with E-state index in [1.165, 1.54) is 57.7 Å². The molecule has 0 spiro atoms. The topological polar surface area (TPSA) is 13.0 Å². The van der Waals surface area contributed by atoms with Crippen LogP contribution >= 0.6 is 0 Å². The molecule has 27 heavy (non-hydrogen) atoms. The average Bonchev–Trinajstić information content (AvgIpc) is 2.61. The highest BCUT2D eigenvalue weighted by Crippen LogP contribution is 2.20. The van der Waals surface area contributed by atoms with Crippen molar-refractivity contribution in [3.63, 3.8) is 0 Å². The van der Waals surface area contributed by atoms with Crippen LogP contribution in [0.15, 0.2) is 12.3 Å². The van der Waals surface area contributed by atoms with Gasteiger partial charge in [0.05, 0.1) is 0 Å². The fourth-order valence-electron chi connectivity index (χ4n) is 4.71. The Labute approximate surface area is 169 Å². The number of rotatable bonds is 9. The number of hydrogen-bond donors (Lipinski definition) is 0. The zero-order valence-corrected chi connectivity index (χ0v) is 19.1. The van der Waals surface area contributed by atoms with Crippen LogP contribution in [0.25, 0.3) is 0 Å². The maximum Gasteiger partial charge on any atom is 0.0384 e. The number of hydrogen-bond acceptors (Lipinski definition) is 4. The van der Waals surface area contributed by atoms with Crippen LogP contribution in [0, 0.1) is 5.92 Å². The van der Waals surface area contributed by atoms with Gasteiger partial charge in [0.15, 0.2) is 0 Å². The number of piperazine rings is 2. The lowest BCUT2D eigenvalue weighted by Gasteiger charge is -2.46. The minimum Gasteiger partial charge on any atom is -0.372 e. The Bertz CT molecular complexity index is 428. The first kappa shape index (κ1) is 22.7. The summed E-state index contributed by atoms with van der Waals surface area (Å²) in [5.74, 6) is 0.841. The molecule has 2 heterocycles. The zero-order chi connectivity index (χ0) is 20.0. The fourth-order valence-corrected chi connectivity index (χ4v) is 4.71. The summed E-state index contributed by atoms with van der Waals surface area (Å²) < 4.78 is 0. The van der Waals surface area contributed by atoms with Crippen LogP contribution < -0.4 is 0 Å². The Hall–Kier alpha value is -0.580. The van der Waals surface area contributed by atoms with E-state index in [0.29, 0.717) is 18.1 Å². The first-order valence-corrected chi connectivity index (χ1v) is 11.4. The van der Waals surface area contributed by atoms with E-state index in [1.54, 1.807) is 0 Å². The van der Waals surface area contributed by atoms with Crippen LogP contribution in [-0.2, 0) is 0 Å². The largest absolute Gasteiger partial charge is 0.372 e. The van der Waals surface area contributed by atoms with E-state index in [9.17, 15) is 0 Å². The molecule has 4 heteroatoms. The maximum atomic E-state index is 4.46. The van der Waals surface area contributed by atoms with Gasteiger partial charge in [0.2, 0.25) is 0 Å². The normalized spacial score (nSPS) is 26.3. The molecule has 0 bridgehead atoms. The molecule has 2 atom stereocenters. The summed E-state index contributed by atoms with van der Waals surface area (Å²) >= 11 is 0. The van der Waals surface area contributed by atoms with Crippen molar-refractivity contribution in [3.05, 3.63) is 12.3 Å². The van der Waals surface area contributed by atoms with Gasteiger partial charge >= 0.3 is 0 Å². The molecule has 0 saturated carbocycles. The quantitative estimate of drug-likeness (QED) is 0.567. The molecule has 0 aromatic heterocycles. The summed E-state index contributed by atoms with van der Waals surface area (Å²) in [5.41, 5.74) is 1.32. The molecule has 2 rings (SSSR count). The van der Waals surface area contributed by atoms with Gasteiger partial charge in [-0.25, -0.2) is 0 Å². The zero-order valence-electron chi connectivity index (χ0n) is 19.1. The van der Waals surface area contributed by atoms with Crippen LogP contribution in [-0.4, -0.2) is 90.1 Å². The monoisotopic (exact) mass is 378 g/mol. The molecule has 0 N–H and O–H groups in total. The summed E-state index contributed by atoms with van der Waals surface area (Å²) in [4.78, 5) is 10.5. The van der Waals surface area contributed by atoms with E-state index in [0.717, 1.165) is 25.6 Å². The van der Waals surface area contributed by atoms with Crippen molar-refractivity contribution in [2.75, 3.05) is 52.4 Å². The van der Waals surface area contributed by atoms with E-state index < -0.39 is 0 Å². The van der Waals surface area contributed by atoms with Gasteiger partial charge in [-0.3, -0.25) is 9.80 Å². The second kappa shape index (κ2) is 10.8. The second-order valence-electron chi connectivity index (χ2n) is 9.70. The van der Waals surface area contributed by atoms with Crippen LogP contribution in [0.2, 0.25) is 0 Å². The molecule has 2 aliphatic heterocycles. The molecular formula is C23H46N4. The predicted octanol–water partition coefficient (Wildman–Crippen LogP) is 3.75. The van der Waals surface area contributed by atoms with Gasteiger partial charge in [-0.15, -0.1) is 0 Å². The van der Waals surface area contributed by atoms with Crippen LogP contribution in [0.4, 0.5) is 0 Å². The third-order valence-electron chi connectivity index (χ3n) is 6.54. The molecule has 158 valence electrons. The molecule has 2 unspecified atom stereocenters. The molecular weight excluding hydrogens is 332 g/mol. The third kappa shape index (κ3) is 7.07. The molecule has 4 nitrogen and oxygen atoms in total. The molecule has 0 radical (unpaired) electrons. The van der Waals surface area contributed by atoms with Gasteiger partial charge in [0.1, 0.15) is 0 Å². The Morgan fingerprint density at radius 2 is 1.52 bits per heavy atom. The van der Waals surface area contributed by atoms with Crippen LogP contribution in [0.3, 0.4) is 0 Å². The van der Waals surface area contributed by atoms with Crippen molar-refractivity contribution in [2.24, 2.45) is 5.92 Å². The Morgan fingerprint density at radius 1 is 0.926 bits per heavy atom. The molecule has 0 aliphatic carbocycles. The Kier molecular flexibility index (Phi) is 9.10. The van der Waals surface area contributed by atoms with E-state index in [-0.39, 0.29) is 0 Å². The maximum absolute atomic E-state index is 4.46. The Balaban J connectivity index is 1.75. The lowest BCUT2D eigenvalue weighted by molar-refractivity contribution is 0.0366. The van der Waals surface area contributed by atoms with Crippen molar-refractivity contribution < 1.29 is 0 Å². The Morgan fingerprint density at radius 3 is 2.04 bits per heavy atom. The summed E-state index contributed by atoms with van der Waals surface area (Å²) in [5, 5.41) is 0. The average molecular weight is 379 g/mol. The first-order valence-electron chi connectivity index (χ1n) is 11.4. The van der Waals surface area contributed by atoms with Gasteiger partial charge in [0, 0.05) is 69.6 Å². The molecule has 2 aliphatic rings. The SMILES string of the molecule is C=C(CN1C(C)CN(CCCCC(C)C)CC1C)N1CCN(C(C)C)CC1. The second-order valence-corrected chi connectivity index (χ2v) is 9.70. The molecule has 0 aromatic carbocycles. The van der Waals surface area contributed by atoms with Crippen molar-refractivity contribution in [3.8, 4) is 0 Å². The highest BCUT2D eigenvalue weighted by Gasteiger charge is 2.30. The van der Waals surface area contributed by atoms with Crippen molar-refractivity contribution in [1.82, 2.24) is 19.6 Å². The highest BCUT2D eigenvalue weighted by molar-refractivity contribution is 5.02. The fraction of sp³-hybridized carbons (Fsp3) is 0.913. The number of nitrogens with zero attached hydrogens (tertiary/aromatic N) is 4. The summed E-state index contributed by atoms with van der Waals surface area (Å²) in [6, 6.07) is 1.90. The van der Waals surface area contributed by atoms with Crippen LogP contribution in [0.5, 0.6) is 0 Å². The summed E-state index contributed by atoms with van der Waals surface area (Å²) in [6.07, 6.45) is 4.10. The smallest absolute Gasteiger partial charge is 0.0384 e. The predicted molar refractivity (Wildman–Crippen MR) is 118 cm³/mol. The van der Waals surface area contributed by atoms with Crippen molar-refractivity contribution in [2.45, 2.75) is 78.9 Å². The third-order valence-corrected chi connectivity index (χ3v) is 6.54. The number of unbranched alkanes of at least 4 members (excludes halogenated alkanes) is 1. The summed E-state index contributed by atoms with van der Waals surface area (Å²) in [6.45, 7) is 27.9. The van der Waals surface area contributed by atoms with Crippen LogP contribution in [0.1, 0.15) is 60.8 Å². The molecule has 0 amide bonds. The molecule has 2 fully saturated rings. The van der Waals surface area contributed by atoms with Gasteiger partial charge in [-0.05, 0) is 46.6 Å². The van der Waals surface area contributed by atoms with E-state index in [1.807, 2.05) is 0 Å². The minimum atomic E-state index is 0.618. The van der Waals surface area contributed by atoms with E-state index >= 15 is 0 Å². The van der Waals surface area contributed by atoms with Gasteiger partial charge in [0.25, 0.3) is 0 Å². The lowest BCUT2D eigenvalue weighted by Crippen LogP contribution is -2.58. The van der Waals surface area contributed by atoms with E-state index in [4.69, 9.17) is 0 Å². The summed E-state index contributed by atoms with van der Waals surface area (Å²) in [7, 11) is 0. The van der Waals surface area contributed by atoms with Crippen molar-refractivity contribution in [1.29, 1.82) is 0 Å².